The van der Waals surface area contributed by atoms with E-state index in [1.807, 2.05) is 12.1 Å². The predicted octanol–water partition coefficient (Wildman–Crippen LogP) is 4.79. The van der Waals surface area contributed by atoms with Crippen molar-refractivity contribution >= 4 is 39.1 Å². The summed E-state index contributed by atoms with van der Waals surface area (Å²) in [5.74, 6) is 0.547. The minimum Gasteiger partial charge on any atom is -0.122 e. The molecule has 13 heavy (non-hydrogen) atoms. The maximum Gasteiger partial charge on any atom is 0.0551 e. The summed E-state index contributed by atoms with van der Waals surface area (Å²) in [4.78, 5) is 0. The third-order valence-electron chi connectivity index (χ3n) is 1.91. The average molecular weight is 282 g/mol. The van der Waals surface area contributed by atoms with Crippen LogP contribution in [0.25, 0.3) is 0 Å². The summed E-state index contributed by atoms with van der Waals surface area (Å²) in [7, 11) is 0. The van der Waals surface area contributed by atoms with Gasteiger partial charge in [0.15, 0.2) is 0 Å². The van der Waals surface area contributed by atoms with Gasteiger partial charge >= 0.3 is 0 Å². The quantitative estimate of drug-likeness (QED) is 0.699. The first-order valence-electron chi connectivity index (χ1n) is 4.21. The van der Waals surface area contributed by atoms with Gasteiger partial charge in [-0.2, -0.15) is 0 Å². The van der Waals surface area contributed by atoms with Gasteiger partial charge in [-0.05, 0) is 45.6 Å². The molecule has 1 aromatic carbocycles. The summed E-state index contributed by atoms with van der Waals surface area (Å²) in [6.45, 7) is 2.15. The summed E-state index contributed by atoms with van der Waals surface area (Å²) >= 11 is 15.2. The Kier molecular flexibility index (Phi) is 4.57. The number of aryl methyl sites for hydroxylation is 1. The summed E-state index contributed by atoms with van der Waals surface area (Å²) in [6.07, 6.45) is 2.15. The fourth-order valence-corrected chi connectivity index (χ4v) is 2.08. The number of hydrogen-bond donors (Lipinski definition) is 0. The molecule has 0 aliphatic rings. The topological polar surface area (TPSA) is 0 Å². The van der Waals surface area contributed by atoms with Crippen LogP contribution in [-0.4, -0.2) is 0 Å². The molecule has 72 valence electrons. The van der Waals surface area contributed by atoms with Crippen LogP contribution in [0.2, 0.25) is 5.02 Å². The van der Waals surface area contributed by atoms with Gasteiger partial charge in [-0.25, -0.2) is 0 Å². The molecule has 0 fully saturated rings. The van der Waals surface area contributed by atoms with Crippen LogP contribution < -0.4 is 0 Å². The van der Waals surface area contributed by atoms with Gasteiger partial charge in [0.25, 0.3) is 0 Å². The van der Waals surface area contributed by atoms with E-state index in [2.05, 4.69) is 22.9 Å². The highest BCUT2D eigenvalue weighted by molar-refractivity contribution is 9.10. The normalized spacial score (nSPS) is 10.5. The predicted molar refractivity (Wildman–Crippen MR) is 62.7 cm³/mol. The van der Waals surface area contributed by atoms with Crippen LogP contribution in [0.4, 0.5) is 0 Å². The molecule has 0 aromatic heterocycles. The Bertz CT molecular complexity index is 297. The van der Waals surface area contributed by atoms with Gasteiger partial charge in [-0.1, -0.05) is 24.9 Å². The van der Waals surface area contributed by atoms with Crippen molar-refractivity contribution in [1.29, 1.82) is 0 Å². The van der Waals surface area contributed by atoms with Crippen molar-refractivity contribution in [3.05, 3.63) is 32.8 Å². The summed E-state index contributed by atoms with van der Waals surface area (Å²) in [6, 6.07) is 3.99. The van der Waals surface area contributed by atoms with E-state index in [9.17, 15) is 0 Å². The molecule has 0 nitrogen and oxygen atoms in total. The molecule has 0 atom stereocenters. The van der Waals surface area contributed by atoms with E-state index < -0.39 is 0 Å². The molecule has 3 heteroatoms. The molecule has 0 unspecified atom stereocenters. The first-order chi connectivity index (χ1) is 6.19. The Balaban J connectivity index is 3.09. The van der Waals surface area contributed by atoms with Crippen LogP contribution in [0.1, 0.15) is 24.5 Å². The van der Waals surface area contributed by atoms with E-state index in [-0.39, 0.29) is 0 Å². The van der Waals surface area contributed by atoms with Gasteiger partial charge < -0.3 is 0 Å². The lowest BCUT2D eigenvalue weighted by atomic mass is 10.0. The molecule has 0 aliphatic heterocycles. The highest BCUT2D eigenvalue weighted by atomic mass is 79.9. The largest absolute Gasteiger partial charge is 0.122 e. The highest BCUT2D eigenvalue weighted by Crippen LogP contribution is 2.27. The Morgan fingerprint density at radius 3 is 2.54 bits per heavy atom. The third-order valence-corrected chi connectivity index (χ3v) is 3.39. The summed E-state index contributed by atoms with van der Waals surface area (Å²) in [5, 5.41) is 0.761. The first kappa shape index (κ1) is 11.4. The van der Waals surface area contributed by atoms with Crippen molar-refractivity contribution in [2.45, 2.75) is 25.6 Å². The zero-order valence-corrected chi connectivity index (χ0v) is 10.5. The lowest BCUT2D eigenvalue weighted by Gasteiger charge is -2.07. The van der Waals surface area contributed by atoms with E-state index in [0.29, 0.717) is 5.88 Å². The Labute approximate surface area is 97.4 Å². The van der Waals surface area contributed by atoms with Crippen LogP contribution in [0, 0.1) is 0 Å². The maximum atomic E-state index is 5.99. The molecular weight excluding hydrogens is 271 g/mol. The van der Waals surface area contributed by atoms with Crippen molar-refractivity contribution in [1.82, 2.24) is 0 Å². The monoisotopic (exact) mass is 280 g/mol. The molecular formula is C10H11BrCl2. The van der Waals surface area contributed by atoms with Crippen molar-refractivity contribution in [2.75, 3.05) is 0 Å². The number of rotatable bonds is 3. The maximum absolute atomic E-state index is 5.99. The van der Waals surface area contributed by atoms with Gasteiger partial charge in [0, 0.05) is 10.4 Å². The standard InChI is InChI=1S/C10H11BrCl2/c1-2-3-7-5-10(13)9(11)4-8(7)6-12/h4-5H,2-3,6H2,1H3. The van der Waals surface area contributed by atoms with Gasteiger partial charge in [-0.15, -0.1) is 11.6 Å². The van der Waals surface area contributed by atoms with E-state index in [0.717, 1.165) is 22.3 Å². The molecule has 0 radical (unpaired) electrons. The van der Waals surface area contributed by atoms with Crippen molar-refractivity contribution < 1.29 is 0 Å². The van der Waals surface area contributed by atoms with Crippen LogP contribution in [0.5, 0.6) is 0 Å². The fraction of sp³-hybridized carbons (Fsp3) is 0.400. The van der Waals surface area contributed by atoms with Crippen LogP contribution >= 0.6 is 39.1 Å². The minimum atomic E-state index is 0.547. The highest BCUT2D eigenvalue weighted by Gasteiger charge is 2.05. The molecule has 0 N–H and O–H groups in total. The van der Waals surface area contributed by atoms with Gasteiger partial charge in [0.2, 0.25) is 0 Å². The Morgan fingerprint density at radius 2 is 2.00 bits per heavy atom. The molecule has 0 heterocycles. The lowest BCUT2D eigenvalue weighted by molar-refractivity contribution is 0.910. The molecule has 1 rings (SSSR count). The first-order valence-corrected chi connectivity index (χ1v) is 5.92. The molecule has 0 bridgehead atoms. The summed E-state index contributed by atoms with van der Waals surface area (Å²) < 4.78 is 0.921. The zero-order chi connectivity index (χ0) is 9.84. The van der Waals surface area contributed by atoms with Crippen molar-refractivity contribution in [3.63, 3.8) is 0 Å². The SMILES string of the molecule is CCCc1cc(Cl)c(Br)cc1CCl. The molecule has 1 aromatic rings. The minimum absolute atomic E-state index is 0.547. The van der Waals surface area contributed by atoms with E-state index in [1.165, 1.54) is 11.1 Å². The molecule has 0 spiro atoms. The van der Waals surface area contributed by atoms with E-state index >= 15 is 0 Å². The third kappa shape index (κ3) is 2.87. The van der Waals surface area contributed by atoms with Crippen LogP contribution in [0.3, 0.4) is 0 Å². The van der Waals surface area contributed by atoms with Crippen molar-refractivity contribution in [3.8, 4) is 0 Å². The van der Waals surface area contributed by atoms with E-state index in [4.69, 9.17) is 23.2 Å². The smallest absolute Gasteiger partial charge is 0.0551 e. The fourth-order valence-electron chi connectivity index (χ4n) is 1.26. The van der Waals surface area contributed by atoms with Crippen LogP contribution in [-0.2, 0) is 12.3 Å². The number of hydrogen-bond acceptors (Lipinski definition) is 0. The average Bonchev–Trinajstić information content (AvgIpc) is 2.11. The zero-order valence-electron chi connectivity index (χ0n) is 7.41. The lowest BCUT2D eigenvalue weighted by Crippen LogP contribution is -1.91. The van der Waals surface area contributed by atoms with Crippen LogP contribution in [0.15, 0.2) is 16.6 Å². The molecule has 0 saturated heterocycles. The Morgan fingerprint density at radius 1 is 1.31 bits per heavy atom. The summed E-state index contributed by atoms with van der Waals surface area (Å²) in [5.41, 5.74) is 2.42. The van der Waals surface area contributed by atoms with Crippen molar-refractivity contribution in [2.24, 2.45) is 0 Å². The second kappa shape index (κ2) is 5.23. The second-order valence-electron chi connectivity index (χ2n) is 2.92. The van der Waals surface area contributed by atoms with Gasteiger partial charge in [0.05, 0.1) is 5.02 Å². The van der Waals surface area contributed by atoms with E-state index in [1.54, 1.807) is 0 Å². The number of benzene rings is 1. The van der Waals surface area contributed by atoms with Gasteiger partial charge in [0.1, 0.15) is 0 Å². The number of halogens is 3. The molecule has 0 amide bonds. The molecule has 0 saturated carbocycles. The Hall–Kier alpha value is 0.280. The number of alkyl halides is 1. The van der Waals surface area contributed by atoms with Gasteiger partial charge in [-0.3, -0.25) is 0 Å². The molecule has 0 aliphatic carbocycles. The second-order valence-corrected chi connectivity index (χ2v) is 4.45.